The first-order valence-electron chi connectivity index (χ1n) is 5.24. The van der Waals surface area contributed by atoms with Crippen molar-refractivity contribution in [3.05, 3.63) is 29.1 Å². The van der Waals surface area contributed by atoms with Crippen molar-refractivity contribution in [2.75, 3.05) is 13.1 Å². The third kappa shape index (κ3) is 11.5. The van der Waals surface area contributed by atoms with E-state index in [0.29, 0.717) is 0 Å². The molecule has 0 saturated carbocycles. The number of aryl methyl sites for hydroxylation is 1. The molecule has 0 aliphatic carbocycles. The van der Waals surface area contributed by atoms with Crippen LogP contribution in [0.4, 0.5) is 0 Å². The molecule has 0 radical (unpaired) electrons. The Hall–Kier alpha value is -0.0556. The minimum absolute atomic E-state index is 0. The Morgan fingerprint density at radius 2 is 1.32 bits per heavy atom. The molecule has 1 rings (SSSR count). The van der Waals surface area contributed by atoms with Gasteiger partial charge in [0.05, 0.1) is 11.4 Å². The predicted molar refractivity (Wildman–Crippen MR) is 65.2 cm³/mol. The van der Waals surface area contributed by atoms with Crippen molar-refractivity contribution in [2.45, 2.75) is 20.8 Å². The van der Waals surface area contributed by atoms with Gasteiger partial charge in [0.1, 0.15) is 0 Å². The summed E-state index contributed by atoms with van der Waals surface area (Å²) < 4.78 is 0. The average molecular weight is 361 g/mol. The summed E-state index contributed by atoms with van der Waals surface area (Å²) in [5.41, 5.74) is 2.98. The fraction of sp³-hybridized carbons (Fsp3) is 0.417. The molecule has 0 unspecified atom stereocenters. The third-order valence-electron chi connectivity index (χ3n) is 1.82. The standard InChI is InChI=1S/C12H17N3.3ClH.V/c1-4-13-8-11-6-10(3)7-12(15-11)9-14-5-2;;;;/h6-9H,4-5H2,1-3H3;3*1H;/q;;;;+3/p-3. The van der Waals surface area contributed by atoms with Crippen LogP contribution in [-0.2, 0) is 18.6 Å². The first kappa shape index (κ1) is 27.3. The number of rotatable bonds is 4. The minimum atomic E-state index is 0. The zero-order valence-corrected chi connectivity index (χ0v) is 14.8. The zero-order valence-electron chi connectivity index (χ0n) is 11.1. The molecule has 19 heavy (non-hydrogen) atoms. The Labute approximate surface area is 145 Å². The van der Waals surface area contributed by atoms with Gasteiger partial charge in [-0.05, 0) is 38.5 Å². The van der Waals surface area contributed by atoms with E-state index in [1.807, 2.05) is 32.9 Å². The van der Waals surface area contributed by atoms with E-state index in [4.69, 9.17) is 0 Å². The molecule has 0 atom stereocenters. The average Bonchev–Trinajstić information content (AvgIpc) is 2.23. The molecule has 0 spiro atoms. The Balaban J connectivity index is -0.000000281. The maximum atomic E-state index is 4.41. The van der Waals surface area contributed by atoms with Gasteiger partial charge in [-0.3, -0.25) is 9.98 Å². The summed E-state index contributed by atoms with van der Waals surface area (Å²) in [4.78, 5) is 12.8. The van der Waals surface area contributed by atoms with E-state index in [1.54, 1.807) is 12.4 Å². The van der Waals surface area contributed by atoms with Crippen LogP contribution in [0.15, 0.2) is 22.1 Å². The van der Waals surface area contributed by atoms with Gasteiger partial charge in [-0.1, -0.05) is 0 Å². The molecule has 3 nitrogen and oxygen atoms in total. The molecule has 0 N–H and O–H groups in total. The quantitative estimate of drug-likeness (QED) is 0.492. The van der Waals surface area contributed by atoms with Gasteiger partial charge < -0.3 is 37.2 Å². The van der Waals surface area contributed by atoms with Gasteiger partial charge in [0, 0.05) is 25.5 Å². The van der Waals surface area contributed by atoms with Gasteiger partial charge in [0.2, 0.25) is 0 Å². The van der Waals surface area contributed by atoms with E-state index < -0.39 is 0 Å². The summed E-state index contributed by atoms with van der Waals surface area (Å²) in [7, 11) is 0. The van der Waals surface area contributed by atoms with Crippen LogP contribution in [0.3, 0.4) is 0 Å². The fourth-order valence-corrected chi connectivity index (χ4v) is 1.22. The Bertz CT molecular complexity index is 352. The molecular weight excluding hydrogens is 343 g/mol. The van der Waals surface area contributed by atoms with Crippen molar-refractivity contribution in [3.8, 4) is 0 Å². The van der Waals surface area contributed by atoms with E-state index in [0.717, 1.165) is 24.5 Å². The number of hydrogen-bond donors (Lipinski definition) is 0. The number of aromatic nitrogens is 1. The maximum absolute atomic E-state index is 4.41. The molecule has 0 fully saturated rings. The molecule has 1 heterocycles. The molecule has 0 saturated heterocycles. The Kier molecular flexibility index (Phi) is 23.0. The second-order valence-electron chi connectivity index (χ2n) is 3.25. The van der Waals surface area contributed by atoms with Gasteiger partial charge in [-0.15, -0.1) is 0 Å². The van der Waals surface area contributed by atoms with Crippen molar-refractivity contribution in [1.82, 2.24) is 4.98 Å². The molecular formula is C12H17Cl3N3V. The van der Waals surface area contributed by atoms with Crippen LogP contribution in [0, 0.1) is 6.92 Å². The van der Waals surface area contributed by atoms with Crippen LogP contribution >= 0.6 is 0 Å². The molecule has 0 amide bonds. The van der Waals surface area contributed by atoms with E-state index >= 15 is 0 Å². The number of hydrogen-bond acceptors (Lipinski definition) is 3. The normalized spacial score (nSPS) is 9.21. The monoisotopic (exact) mass is 359 g/mol. The summed E-state index contributed by atoms with van der Waals surface area (Å²) in [6.45, 7) is 7.63. The second kappa shape index (κ2) is 16.0. The third-order valence-corrected chi connectivity index (χ3v) is 1.82. The molecule has 106 valence electrons. The van der Waals surface area contributed by atoms with Crippen molar-refractivity contribution in [2.24, 2.45) is 9.98 Å². The SMILES string of the molecule is CCN=Cc1cc(C)cc(C=NCC)n1.[Cl-].[Cl-].[Cl-].[V+3]. The molecule has 1 aromatic rings. The van der Waals surface area contributed by atoms with Gasteiger partial charge in [-0.25, -0.2) is 4.98 Å². The number of nitrogens with zero attached hydrogens (tertiary/aromatic N) is 3. The van der Waals surface area contributed by atoms with Gasteiger partial charge in [-0.2, -0.15) is 0 Å². The Morgan fingerprint density at radius 3 is 1.63 bits per heavy atom. The first-order valence-corrected chi connectivity index (χ1v) is 5.24. The van der Waals surface area contributed by atoms with Gasteiger partial charge >= 0.3 is 18.6 Å². The number of pyridine rings is 1. The van der Waals surface area contributed by atoms with Gasteiger partial charge in [0.25, 0.3) is 0 Å². The fourth-order valence-electron chi connectivity index (χ4n) is 1.22. The largest absolute Gasteiger partial charge is 3.00 e. The Morgan fingerprint density at radius 1 is 0.947 bits per heavy atom. The summed E-state index contributed by atoms with van der Waals surface area (Å²) in [6.07, 6.45) is 3.60. The summed E-state index contributed by atoms with van der Waals surface area (Å²) in [5, 5.41) is 0. The molecule has 0 aliphatic rings. The van der Waals surface area contributed by atoms with Crippen LogP contribution in [-0.4, -0.2) is 30.5 Å². The maximum Gasteiger partial charge on any atom is 3.00 e. The van der Waals surface area contributed by atoms with E-state index in [1.165, 1.54) is 5.56 Å². The predicted octanol–water partition coefficient (Wildman–Crippen LogP) is -6.72. The molecule has 0 aliphatic heterocycles. The van der Waals surface area contributed by atoms with Gasteiger partial charge in [0.15, 0.2) is 0 Å². The van der Waals surface area contributed by atoms with E-state index in [-0.39, 0.29) is 55.8 Å². The van der Waals surface area contributed by atoms with E-state index in [2.05, 4.69) is 15.0 Å². The first-order chi connectivity index (χ1) is 7.26. The summed E-state index contributed by atoms with van der Waals surface area (Å²) in [5.74, 6) is 0. The van der Waals surface area contributed by atoms with Crippen LogP contribution < -0.4 is 37.2 Å². The van der Waals surface area contributed by atoms with Crippen molar-refractivity contribution >= 4 is 12.4 Å². The second-order valence-corrected chi connectivity index (χ2v) is 3.25. The minimum Gasteiger partial charge on any atom is -1.00 e. The van der Waals surface area contributed by atoms with Crippen LogP contribution in [0.1, 0.15) is 30.8 Å². The smallest absolute Gasteiger partial charge is 1.00 e. The summed E-state index contributed by atoms with van der Waals surface area (Å²) in [6, 6.07) is 4.03. The van der Waals surface area contributed by atoms with E-state index in [9.17, 15) is 0 Å². The van der Waals surface area contributed by atoms with Crippen molar-refractivity contribution in [1.29, 1.82) is 0 Å². The van der Waals surface area contributed by atoms with Crippen LogP contribution in [0.5, 0.6) is 0 Å². The van der Waals surface area contributed by atoms with Crippen LogP contribution in [0.25, 0.3) is 0 Å². The number of aliphatic imine (C=N–C) groups is 2. The van der Waals surface area contributed by atoms with Crippen molar-refractivity contribution < 1.29 is 55.8 Å². The molecule has 1 aromatic heterocycles. The van der Waals surface area contributed by atoms with Crippen LogP contribution in [0.2, 0.25) is 0 Å². The number of halogens is 3. The van der Waals surface area contributed by atoms with Crippen molar-refractivity contribution in [3.63, 3.8) is 0 Å². The molecule has 0 aromatic carbocycles. The molecule has 0 bridgehead atoms. The zero-order chi connectivity index (χ0) is 11.1. The topological polar surface area (TPSA) is 37.6 Å². The molecule has 7 heteroatoms. The summed E-state index contributed by atoms with van der Waals surface area (Å²) >= 11 is 0.